The average molecular weight is 573 g/mol. The zero-order chi connectivity index (χ0) is 27.9. The normalized spacial score (nSPS) is 16.7. The van der Waals surface area contributed by atoms with E-state index in [0.717, 1.165) is 24.8 Å². The second-order valence-corrected chi connectivity index (χ2v) is 15.1. The van der Waals surface area contributed by atoms with Gasteiger partial charge in [0.25, 0.3) is 0 Å². The van der Waals surface area contributed by atoms with Gasteiger partial charge in [0, 0.05) is 23.9 Å². The van der Waals surface area contributed by atoms with Crippen molar-refractivity contribution >= 4 is 48.8 Å². The van der Waals surface area contributed by atoms with Gasteiger partial charge in [0.2, 0.25) is 0 Å². The number of urea groups is 1. The van der Waals surface area contributed by atoms with Crippen LogP contribution in [0.5, 0.6) is 0 Å². The maximum atomic E-state index is 14.0. The molecule has 5 aromatic rings. The van der Waals surface area contributed by atoms with Crippen LogP contribution in [0.15, 0.2) is 152 Å². The molecule has 0 aliphatic carbocycles. The van der Waals surface area contributed by atoms with Crippen molar-refractivity contribution in [1.29, 1.82) is 0 Å². The summed E-state index contributed by atoms with van der Waals surface area (Å²) in [5.74, 6) is 0. The number of anilines is 1. The van der Waals surface area contributed by atoms with Crippen molar-refractivity contribution < 1.29 is 4.79 Å². The van der Waals surface area contributed by atoms with E-state index in [0.29, 0.717) is 5.66 Å². The van der Waals surface area contributed by atoms with Crippen LogP contribution in [0.4, 0.5) is 10.5 Å². The predicted molar refractivity (Wildman–Crippen MR) is 177 cm³/mol. The molecule has 5 heteroatoms. The highest BCUT2D eigenvalue weighted by Crippen LogP contribution is 2.48. The summed E-state index contributed by atoms with van der Waals surface area (Å²) in [5.41, 5.74) is 1.20. The molecule has 1 fully saturated rings. The van der Waals surface area contributed by atoms with Gasteiger partial charge < -0.3 is 10.2 Å². The van der Waals surface area contributed by atoms with Crippen molar-refractivity contribution in [2.24, 2.45) is 0 Å². The van der Waals surface area contributed by atoms with Gasteiger partial charge in [-0.1, -0.05) is 140 Å². The Morgan fingerprint density at radius 1 is 0.610 bits per heavy atom. The third-order valence-corrected chi connectivity index (χ3v) is 13.1. The number of amides is 2. The van der Waals surface area contributed by atoms with E-state index in [1.807, 2.05) is 30.3 Å². The summed E-state index contributed by atoms with van der Waals surface area (Å²) in [6.07, 6.45) is 1.92. The van der Waals surface area contributed by atoms with Gasteiger partial charge in [-0.2, -0.15) is 0 Å². The van der Waals surface area contributed by atoms with Crippen LogP contribution in [0.2, 0.25) is 0 Å². The Morgan fingerprint density at radius 3 is 1.49 bits per heavy atom. The number of para-hydroxylation sites is 1. The van der Waals surface area contributed by atoms with E-state index < -0.39 is 15.8 Å². The van der Waals surface area contributed by atoms with E-state index in [2.05, 4.69) is 132 Å². The number of nitrogens with one attached hydrogen (secondary N) is 1. The minimum atomic E-state index is -0.637. The molecule has 2 amide bonds. The van der Waals surface area contributed by atoms with Crippen LogP contribution in [0.25, 0.3) is 0 Å². The number of likely N-dealkylation sites (tertiary alicyclic amines) is 1. The molecule has 0 aromatic heterocycles. The number of benzene rings is 5. The molecule has 1 aliphatic heterocycles. The van der Waals surface area contributed by atoms with Crippen LogP contribution >= 0.6 is 15.8 Å². The van der Waals surface area contributed by atoms with Gasteiger partial charge in [-0.25, -0.2) is 4.79 Å². The number of nitrogens with zero attached hydrogens (tertiary/aromatic N) is 1. The Morgan fingerprint density at radius 2 is 1.02 bits per heavy atom. The highest BCUT2D eigenvalue weighted by atomic mass is 31.1. The maximum absolute atomic E-state index is 14.0. The van der Waals surface area contributed by atoms with Crippen molar-refractivity contribution in [2.45, 2.75) is 18.1 Å². The largest absolute Gasteiger partial charge is 0.322 e. The fraction of sp³-hybridized carbons (Fsp3) is 0.139. The third-order valence-electron chi connectivity index (χ3n) is 7.64. The lowest BCUT2D eigenvalue weighted by molar-refractivity contribution is 0.211. The smallest absolute Gasteiger partial charge is 0.320 e. The Balaban J connectivity index is 1.36. The lowest BCUT2D eigenvalue weighted by Gasteiger charge is -2.29. The van der Waals surface area contributed by atoms with Gasteiger partial charge in [0.1, 0.15) is 0 Å². The molecule has 0 radical (unpaired) electrons. The fourth-order valence-electron chi connectivity index (χ4n) is 5.75. The molecule has 5 aromatic carbocycles. The van der Waals surface area contributed by atoms with E-state index in [1.54, 1.807) is 0 Å². The summed E-state index contributed by atoms with van der Waals surface area (Å²) < 4.78 is 0. The average Bonchev–Trinajstić information content (AvgIpc) is 3.46. The summed E-state index contributed by atoms with van der Waals surface area (Å²) in [4.78, 5) is 16.1. The standard InChI is InChI=1S/C36H34N2OP2/c39-36(37-29-16-6-1-7-17-29)38-27-35(41(33-22-12-4-13-23-33)34-24-14-5-15-25-34)26-30(38)28-40(31-18-8-2-9-19-31)32-20-10-3-11-21-32/h1-25,30,35H,26-28H2,(H,37,39)/t30-,35-/m0/s1. The fourth-order valence-corrected chi connectivity index (χ4v) is 11.2. The number of carbonyl (C=O) groups excluding carboxylic acids is 1. The lowest BCUT2D eigenvalue weighted by atomic mass is 10.2. The van der Waals surface area contributed by atoms with Crippen LogP contribution in [0, 0.1) is 0 Å². The number of carbonyl (C=O) groups is 1. The molecule has 3 nitrogen and oxygen atoms in total. The van der Waals surface area contributed by atoms with Gasteiger partial charge in [0.15, 0.2) is 0 Å². The SMILES string of the molecule is O=C(Nc1ccccc1)N1C[C@@H](P(c2ccccc2)c2ccccc2)C[C@H]1CP(c1ccccc1)c1ccccc1. The van der Waals surface area contributed by atoms with Gasteiger partial charge in [-0.15, -0.1) is 0 Å². The van der Waals surface area contributed by atoms with Gasteiger partial charge in [-0.3, -0.25) is 0 Å². The Hall–Kier alpha value is -3.77. The van der Waals surface area contributed by atoms with Gasteiger partial charge in [0.05, 0.1) is 0 Å². The minimum absolute atomic E-state index is 0.00385. The topological polar surface area (TPSA) is 32.3 Å². The van der Waals surface area contributed by atoms with E-state index in [1.165, 1.54) is 21.2 Å². The lowest BCUT2D eigenvalue weighted by Crippen LogP contribution is -2.41. The molecule has 204 valence electrons. The first-order chi connectivity index (χ1) is 20.3. The zero-order valence-electron chi connectivity index (χ0n) is 23.0. The van der Waals surface area contributed by atoms with Crippen molar-refractivity contribution in [3.63, 3.8) is 0 Å². The summed E-state index contributed by atoms with van der Waals surface area (Å²) in [5, 5.41) is 8.66. The van der Waals surface area contributed by atoms with E-state index in [9.17, 15) is 4.79 Å². The second-order valence-electron chi connectivity index (χ2n) is 10.3. The molecule has 2 atom stereocenters. The molecule has 1 saturated heterocycles. The van der Waals surface area contributed by atoms with Gasteiger partial charge >= 0.3 is 6.03 Å². The molecule has 1 aliphatic rings. The van der Waals surface area contributed by atoms with E-state index in [-0.39, 0.29) is 12.1 Å². The van der Waals surface area contributed by atoms with Gasteiger partial charge in [-0.05, 0) is 61.8 Å². The van der Waals surface area contributed by atoms with Crippen molar-refractivity contribution in [3.8, 4) is 0 Å². The summed E-state index contributed by atoms with van der Waals surface area (Å²) in [6, 6.07) is 53.5. The third kappa shape index (κ3) is 6.59. The quantitative estimate of drug-likeness (QED) is 0.201. The molecule has 41 heavy (non-hydrogen) atoms. The van der Waals surface area contributed by atoms with Crippen LogP contribution < -0.4 is 26.5 Å². The maximum Gasteiger partial charge on any atom is 0.322 e. The number of hydrogen-bond donors (Lipinski definition) is 1. The van der Waals surface area contributed by atoms with E-state index >= 15 is 0 Å². The van der Waals surface area contributed by atoms with Crippen molar-refractivity contribution in [3.05, 3.63) is 152 Å². The Kier molecular flexibility index (Phi) is 8.86. The molecule has 0 unspecified atom stereocenters. The van der Waals surface area contributed by atoms with Crippen LogP contribution in [0.1, 0.15) is 6.42 Å². The summed E-state index contributed by atoms with van der Waals surface area (Å²) in [6.45, 7) is 0.742. The molecule has 1 N–H and O–H groups in total. The molecule has 1 heterocycles. The molecular weight excluding hydrogens is 538 g/mol. The second kappa shape index (κ2) is 13.3. The highest BCUT2D eigenvalue weighted by Gasteiger charge is 2.41. The van der Waals surface area contributed by atoms with Crippen LogP contribution in [0.3, 0.4) is 0 Å². The Labute approximate surface area is 245 Å². The van der Waals surface area contributed by atoms with Crippen molar-refractivity contribution in [1.82, 2.24) is 4.90 Å². The predicted octanol–water partition coefficient (Wildman–Crippen LogP) is 6.93. The molecule has 0 saturated carbocycles. The minimum Gasteiger partial charge on any atom is -0.320 e. The molecule has 6 rings (SSSR count). The highest BCUT2D eigenvalue weighted by molar-refractivity contribution is 7.74. The molecule has 0 bridgehead atoms. The van der Waals surface area contributed by atoms with E-state index in [4.69, 9.17) is 0 Å². The number of rotatable bonds is 8. The summed E-state index contributed by atoms with van der Waals surface area (Å²) in [7, 11) is -1.27. The number of hydrogen-bond acceptors (Lipinski definition) is 1. The molecular formula is C36H34N2OP2. The first-order valence-corrected chi connectivity index (χ1v) is 17.1. The zero-order valence-corrected chi connectivity index (χ0v) is 24.7. The molecule has 0 spiro atoms. The van der Waals surface area contributed by atoms with Crippen LogP contribution in [-0.2, 0) is 0 Å². The van der Waals surface area contributed by atoms with Crippen LogP contribution in [-0.4, -0.2) is 35.3 Å². The first kappa shape index (κ1) is 27.4. The first-order valence-electron chi connectivity index (χ1n) is 14.2. The monoisotopic (exact) mass is 572 g/mol. The summed E-state index contributed by atoms with van der Waals surface area (Å²) >= 11 is 0. The van der Waals surface area contributed by atoms with Crippen molar-refractivity contribution in [2.75, 3.05) is 18.0 Å². The Bertz CT molecular complexity index is 1440.